The van der Waals surface area contributed by atoms with E-state index < -0.39 is 22.6 Å². The molecule has 0 unspecified atom stereocenters. The van der Waals surface area contributed by atoms with Gasteiger partial charge in [0, 0.05) is 37.0 Å². The summed E-state index contributed by atoms with van der Waals surface area (Å²) in [6.45, 7) is 3.65. The number of rotatable bonds is 8. The van der Waals surface area contributed by atoms with Crippen LogP contribution in [0.3, 0.4) is 0 Å². The number of fused-ring (bicyclic) bond motifs is 1. The summed E-state index contributed by atoms with van der Waals surface area (Å²) in [6.07, 6.45) is 1.51. The molecule has 3 aromatic rings. The van der Waals surface area contributed by atoms with Crippen molar-refractivity contribution in [3.63, 3.8) is 0 Å². The zero-order valence-electron chi connectivity index (χ0n) is 22.0. The van der Waals surface area contributed by atoms with Gasteiger partial charge in [-0.2, -0.15) is 0 Å². The second-order valence-electron chi connectivity index (χ2n) is 9.44. The normalized spacial score (nSPS) is 15.2. The number of hydrogen-bond donors (Lipinski definition) is 0. The van der Waals surface area contributed by atoms with Gasteiger partial charge in [-0.1, -0.05) is 44.2 Å². The molecular formula is C29H30N2O6S. The number of carbonyl (C=O) groups excluding carboxylic acids is 2. The lowest BCUT2D eigenvalue weighted by molar-refractivity contribution is -0.117. The Balaban J connectivity index is 1.43. The topological polar surface area (TPSA) is 93.2 Å². The molecule has 8 nitrogen and oxygen atoms in total. The minimum atomic E-state index is -3.91. The average molecular weight is 535 g/mol. The standard InChI is InChI=1S/C29H30N2O6S/c1-29(2)23-10-6-7-11-24(23)30(3)27(29)18-21(32)19-37-28(33)20-14-16-22(17-15-20)38(34,35)31(4)25-12-8-9-13-26(25)36-5/h6-18H,19H2,1-5H3. The predicted molar refractivity (Wildman–Crippen MR) is 146 cm³/mol. The van der Waals surface area contributed by atoms with Crippen molar-refractivity contribution in [1.29, 1.82) is 0 Å². The van der Waals surface area contributed by atoms with Crippen LogP contribution in [0.25, 0.3) is 0 Å². The van der Waals surface area contributed by atoms with E-state index in [0.717, 1.165) is 21.3 Å². The molecule has 0 bridgehead atoms. The quantitative estimate of drug-likeness (QED) is 0.309. The minimum absolute atomic E-state index is 0.00525. The zero-order valence-corrected chi connectivity index (χ0v) is 22.8. The smallest absolute Gasteiger partial charge is 0.338 e. The third-order valence-corrected chi connectivity index (χ3v) is 8.54. The largest absolute Gasteiger partial charge is 0.495 e. The van der Waals surface area contributed by atoms with Crippen LogP contribution < -0.4 is 13.9 Å². The lowest BCUT2D eigenvalue weighted by Crippen LogP contribution is -2.27. The van der Waals surface area contributed by atoms with Crippen molar-refractivity contribution in [2.75, 3.05) is 37.0 Å². The van der Waals surface area contributed by atoms with Crippen molar-refractivity contribution in [3.8, 4) is 5.75 Å². The number of carbonyl (C=O) groups is 2. The second kappa shape index (κ2) is 10.3. The van der Waals surface area contributed by atoms with Crippen LogP contribution in [-0.2, 0) is 25.0 Å². The van der Waals surface area contributed by atoms with Gasteiger partial charge < -0.3 is 14.4 Å². The van der Waals surface area contributed by atoms with Gasteiger partial charge in [0.1, 0.15) is 5.75 Å². The molecule has 9 heteroatoms. The van der Waals surface area contributed by atoms with E-state index in [1.54, 1.807) is 24.3 Å². The summed E-state index contributed by atoms with van der Waals surface area (Å²) in [5.74, 6) is -0.658. The summed E-state index contributed by atoms with van der Waals surface area (Å²) in [7, 11) is 0.885. The van der Waals surface area contributed by atoms with Crippen molar-refractivity contribution in [2.45, 2.75) is 24.2 Å². The maximum Gasteiger partial charge on any atom is 0.338 e. The summed E-state index contributed by atoms with van der Waals surface area (Å²) >= 11 is 0. The molecule has 0 amide bonds. The van der Waals surface area contributed by atoms with Gasteiger partial charge >= 0.3 is 5.97 Å². The minimum Gasteiger partial charge on any atom is -0.495 e. The van der Waals surface area contributed by atoms with Crippen LogP contribution in [0.5, 0.6) is 5.75 Å². The van der Waals surface area contributed by atoms with Crippen molar-refractivity contribution in [1.82, 2.24) is 0 Å². The monoisotopic (exact) mass is 534 g/mol. The first-order valence-corrected chi connectivity index (χ1v) is 13.4. The van der Waals surface area contributed by atoms with Crippen molar-refractivity contribution in [3.05, 3.63) is 95.7 Å². The van der Waals surface area contributed by atoms with Crippen LogP contribution in [0, 0.1) is 0 Å². The highest BCUT2D eigenvalue weighted by Gasteiger charge is 2.38. The van der Waals surface area contributed by atoms with Crippen LogP contribution in [0.15, 0.2) is 89.5 Å². The summed E-state index contributed by atoms with van der Waals surface area (Å²) in [5, 5.41) is 0. The summed E-state index contributed by atoms with van der Waals surface area (Å²) in [4.78, 5) is 27.2. The molecule has 1 aliphatic rings. The molecule has 0 radical (unpaired) electrons. The first-order valence-electron chi connectivity index (χ1n) is 12.0. The number of esters is 1. The molecule has 0 N–H and O–H groups in total. The number of allylic oxidation sites excluding steroid dienone is 1. The van der Waals surface area contributed by atoms with Crippen molar-refractivity contribution in [2.24, 2.45) is 0 Å². The highest BCUT2D eigenvalue weighted by molar-refractivity contribution is 7.92. The molecule has 198 valence electrons. The average Bonchev–Trinajstić information content (AvgIpc) is 3.11. The third kappa shape index (κ3) is 4.89. The highest BCUT2D eigenvalue weighted by atomic mass is 32.2. The Labute approximate surface area is 223 Å². The van der Waals surface area contributed by atoms with Gasteiger partial charge in [-0.3, -0.25) is 9.10 Å². The highest BCUT2D eigenvalue weighted by Crippen LogP contribution is 2.46. The number of para-hydroxylation sites is 3. The molecule has 0 saturated carbocycles. The van der Waals surface area contributed by atoms with Crippen LogP contribution in [0.2, 0.25) is 0 Å². The van der Waals surface area contributed by atoms with Crippen LogP contribution in [-0.4, -0.2) is 48.0 Å². The summed E-state index contributed by atoms with van der Waals surface area (Å²) in [5.41, 5.74) is 3.10. The van der Waals surface area contributed by atoms with Gasteiger partial charge in [0.05, 0.1) is 23.3 Å². The third-order valence-electron chi connectivity index (χ3n) is 6.76. The Morgan fingerprint density at radius 2 is 1.61 bits per heavy atom. The number of nitrogens with zero attached hydrogens (tertiary/aromatic N) is 2. The molecule has 0 aliphatic carbocycles. The lowest BCUT2D eigenvalue weighted by atomic mass is 9.83. The molecule has 0 atom stereocenters. The van der Waals surface area contributed by atoms with Crippen LogP contribution >= 0.6 is 0 Å². The Hall–Kier alpha value is -4.11. The molecular weight excluding hydrogens is 504 g/mol. The van der Waals surface area contributed by atoms with E-state index in [0.29, 0.717) is 11.4 Å². The number of benzene rings is 3. The number of anilines is 2. The molecule has 0 fully saturated rings. The first-order chi connectivity index (χ1) is 18.0. The molecule has 0 saturated heterocycles. The first kappa shape index (κ1) is 26.9. The maximum absolute atomic E-state index is 13.1. The second-order valence-corrected chi connectivity index (χ2v) is 11.4. The van der Waals surface area contributed by atoms with E-state index in [-0.39, 0.29) is 21.7 Å². The van der Waals surface area contributed by atoms with Gasteiger partial charge in [0.15, 0.2) is 12.4 Å². The molecule has 3 aromatic carbocycles. The van der Waals surface area contributed by atoms with Crippen molar-refractivity contribution >= 4 is 33.2 Å². The van der Waals surface area contributed by atoms with E-state index in [4.69, 9.17) is 9.47 Å². The van der Waals surface area contributed by atoms with Gasteiger partial charge in [-0.15, -0.1) is 0 Å². The van der Waals surface area contributed by atoms with Gasteiger partial charge in [-0.05, 0) is 48.0 Å². The Kier molecular flexibility index (Phi) is 7.33. The number of ketones is 1. The fourth-order valence-electron chi connectivity index (χ4n) is 4.61. The number of hydrogen-bond acceptors (Lipinski definition) is 7. The molecule has 1 aliphatic heterocycles. The summed E-state index contributed by atoms with van der Waals surface area (Å²) < 4.78 is 37.9. The van der Waals surface area contributed by atoms with E-state index in [1.807, 2.05) is 50.1 Å². The van der Waals surface area contributed by atoms with E-state index >= 15 is 0 Å². The molecule has 0 aromatic heterocycles. The van der Waals surface area contributed by atoms with Crippen LogP contribution in [0.1, 0.15) is 29.8 Å². The fraction of sp³-hybridized carbons (Fsp3) is 0.241. The molecule has 4 rings (SSSR count). The SMILES string of the molecule is COc1ccccc1N(C)S(=O)(=O)c1ccc(C(=O)OCC(=O)C=C2N(C)c3ccccc3C2(C)C)cc1. The van der Waals surface area contributed by atoms with Crippen molar-refractivity contribution < 1.29 is 27.5 Å². The number of ether oxygens (including phenoxy) is 2. The number of likely N-dealkylation sites (N-methyl/N-ethyl adjacent to an activating group) is 1. The Morgan fingerprint density at radius 3 is 2.26 bits per heavy atom. The zero-order chi connectivity index (χ0) is 27.7. The molecule has 38 heavy (non-hydrogen) atoms. The van der Waals surface area contributed by atoms with Gasteiger partial charge in [0.25, 0.3) is 10.0 Å². The molecule has 0 spiro atoms. The fourth-order valence-corrected chi connectivity index (χ4v) is 5.82. The summed E-state index contributed by atoms with van der Waals surface area (Å²) in [6, 6.07) is 20.1. The van der Waals surface area contributed by atoms with Gasteiger partial charge in [-0.25, -0.2) is 13.2 Å². The number of sulfonamides is 1. The van der Waals surface area contributed by atoms with E-state index in [9.17, 15) is 18.0 Å². The Morgan fingerprint density at radius 1 is 0.974 bits per heavy atom. The predicted octanol–water partition coefficient (Wildman–Crippen LogP) is 4.56. The van der Waals surface area contributed by atoms with E-state index in [2.05, 4.69) is 0 Å². The van der Waals surface area contributed by atoms with Gasteiger partial charge in [0.2, 0.25) is 0 Å². The van der Waals surface area contributed by atoms with E-state index in [1.165, 1.54) is 44.5 Å². The van der Waals surface area contributed by atoms with Crippen LogP contribution in [0.4, 0.5) is 11.4 Å². The lowest BCUT2D eigenvalue weighted by Gasteiger charge is -2.23. The Bertz CT molecular complexity index is 1510. The molecule has 1 heterocycles. The maximum atomic E-state index is 13.1. The number of methoxy groups -OCH3 is 1.